The van der Waals surface area contributed by atoms with Crippen molar-refractivity contribution in [3.63, 3.8) is 0 Å². The topological polar surface area (TPSA) is 31.4 Å². The van der Waals surface area contributed by atoms with Gasteiger partial charge in [0.1, 0.15) is 5.03 Å². The minimum absolute atomic E-state index is 0.171. The zero-order valence-corrected chi connectivity index (χ0v) is 37.8. The summed E-state index contributed by atoms with van der Waals surface area (Å²) >= 11 is 2.10. The Morgan fingerprint density at radius 1 is 0.463 bits per heavy atom. The fourth-order valence-electron chi connectivity index (χ4n) is 6.22. The van der Waals surface area contributed by atoms with E-state index in [0.29, 0.717) is 0 Å². The molecule has 0 aliphatic heterocycles. The summed E-state index contributed by atoms with van der Waals surface area (Å²) in [6.07, 6.45) is 20.4. The molecule has 0 unspecified atom stereocenters. The van der Waals surface area contributed by atoms with Crippen molar-refractivity contribution in [2.24, 2.45) is 0 Å². The normalized spacial score (nSPS) is 11.5. The number of hydrogen-bond acceptors (Lipinski definition) is 6. The molecule has 0 bridgehead atoms. The van der Waals surface area contributed by atoms with E-state index in [-0.39, 0.29) is 21.0 Å². The van der Waals surface area contributed by atoms with Crippen molar-refractivity contribution in [3.8, 4) is 0 Å². The smallest absolute Gasteiger partial charge is 0.106 e. The van der Waals surface area contributed by atoms with Crippen LogP contribution in [0.2, 0.25) is 0 Å². The van der Waals surface area contributed by atoms with Gasteiger partial charge in [-0.05, 0) is 97.7 Å². The Labute approximate surface area is 344 Å². The first-order chi connectivity index (χ1) is 26.5. The number of nitrogens with zero attached hydrogens (tertiary/aromatic N) is 1. The molecule has 0 radical (unpaired) electrons. The lowest BCUT2D eigenvalue weighted by Gasteiger charge is -2.35. The fraction of sp³-hybridized carbons (Fsp3) is 0.500. The van der Waals surface area contributed by atoms with Gasteiger partial charge >= 0.3 is 0 Å². The number of pyridine rings is 1. The second kappa shape index (κ2) is 30.7. The molecule has 0 saturated heterocycles. The molecule has 0 aliphatic rings. The van der Waals surface area contributed by atoms with Crippen LogP contribution >= 0.6 is 49.6 Å². The lowest BCUT2D eigenvalue weighted by molar-refractivity contribution is 0.339. The molecule has 0 amide bonds. The van der Waals surface area contributed by atoms with Crippen LogP contribution in [0.1, 0.15) is 107 Å². The monoisotopic (exact) mass is 823 g/mol. The third-order valence-corrected chi connectivity index (χ3v) is 14.4. The predicted molar refractivity (Wildman–Crippen MR) is 248 cm³/mol. The molecular weight excluding hydrogens is 757 g/mol. The molecule has 0 atom stereocenters. The van der Waals surface area contributed by atoms with Gasteiger partial charge in [-0.25, -0.2) is 4.98 Å². The molecule has 296 valence electrons. The molecule has 1 heterocycles. The molecule has 3 nitrogen and oxygen atoms in total. The lowest BCUT2D eigenvalue weighted by atomic mass is 9.84. The van der Waals surface area contributed by atoms with Gasteiger partial charge in [-0.1, -0.05) is 172 Å². The maximum atomic E-state index is 5.69. The number of benzene rings is 3. The number of thioether (sulfide) groups is 1. The second-order valence-electron chi connectivity index (χ2n) is 13.9. The molecule has 0 aliphatic carbocycles. The highest BCUT2D eigenvalue weighted by atomic mass is 33.1. The first-order valence-corrected chi connectivity index (χ1v) is 27.7. The molecule has 1 aromatic heterocycles. The van der Waals surface area contributed by atoms with Crippen LogP contribution in [-0.4, -0.2) is 56.4 Å². The highest BCUT2D eigenvalue weighted by molar-refractivity contribution is 8.76. The number of unbranched alkanes of at least 4 members (excludes halogenated alkanes) is 12. The van der Waals surface area contributed by atoms with Gasteiger partial charge in [0.2, 0.25) is 0 Å². The van der Waals surface area contributed by atoms with E-state index in [1.807, 2.05) is 29.1 Å². The van der Waals surface area contributed by atoms with E-state index in [4.69, 9.17) is 9.05 Å². The van der Waals surface area contributed by atoms with Crippen molar-refractivity contribution in [1.82, 2.24) is 4.98 Å². The fourth-order valence-corrected chi connectivity index (χ4v) is 10.8. The largest absolute Gasteiger partial charge is 0.360 e. The number of aromatic nitrogens is 1. The SMILES string of the molecule is CP(C)OCCCCCCCCCCCCSC(c1ccccc1)(c1ccccc1)c1ccccc1.CP(C)OCCCCCCSSc1ccccn1. The molecule has 0 saturated carbocycles. The van der Waals surface area contributed by atoms with E-state index in [9.17, 15) is 0 Å². The van der Waals surface area contributed by atoms with Gasteiger partial charge in [0.15, 0.2) is 0 Å². The van der Waals surface area contributed by atoms with Gasteiger partial charge in [-0.15, -0.1) is 11.8 Å². The summed E-state index contributed by atoms with van der Waals surface area (Å²) in [5.41, 5.74) is 4.09. The second-order valence-corrected chi connectivity index (χ2v) is 21.5. The molecule has 8 heteroatoms. The summed E-state index contributed by atoms with van der Waals surface area (Å²) in [4.78, 5) is 4.28. The average Bonchev–Trinajstić information content (AvgIpc) is 3.20. The average molecular weight is 824 g/mol. The van der Waals surface area contributed by atoms with Crippen molar-refractivity contribution in [3.05, 3.63) is 132 Å². The maximum Gasteiger partial charge on any atom is 0.106 e. The van der Waals surface area contributed by atoms with Gasteiger partial charge < -0.3 is 9.05 Å². The van der Waals surface area contributed by atoms with Gasteiger partial charge in [0.05, 0.1) is 18.0 Å². The third kappa shape index (κ3) is 20.2. The van der Waals surface area contributed by atoms with E-state index < -0.39 is 0 Å². The van der Waals surface area contributed by atoms with Gasteiger partial charge in [-0.2, -0.15) is 0 Å². The quantitative estimate of drug-likeness (QED) is 0.0245. The maximum absolute atomic E-state index is 5.69. The van der Waals surface area contributed by atoms with Gasteiger partial charge in [-0.3, -0.25) is 0 Å². The summed E-state index contributed by atoms with van der Waals surface area (Å²) in [5.74, 6) is 2.37. The Morgan fingerprint density at radius 2 is 0.852 bits per heavy atom. The van der Waals surface area contributed by atoms with E-state index in [1.165, 1.54) is 118 Å². The van der Waals surface area contributed by atoms with Crippen molar-refractivity contribution >= 4 is 49.6 Å². The van der Waals surface area contributed by atoms with Crippen molar-refractivity contribution in [1.29, 1.82) is 0 Å². The lowest BCUT2D eigenvalue weighted by Crippen LogP contribution is -2.26. The van der Waals surface area contributed by atoms with Gasteiger partial charge in [0, 0.05) is 28.2 Å². The van der Waals surface area contributed by atoms with Crippen LogP contribution in [0.5, 0.6) is 0 Å². The van der Waals surface area contributed by atoms with Crippen molar-refractivity contribution < 1.29 is 9.05 Å². The zero-order chi connectivity index (χ0) is 38.4. The minimum Gasteiger partial charge on any atom is -0.360 e. The minimum atomic E-state index is -0.184. The summed E-state index contributed by atoms with van der Waals surface area (Å²) in [7, 11) is 3.32. The molecule has 4 rings (SSSR count). The summed E-state index contributed by atoms with van der Waals surface area (Å²) in [6, 6.07) is 39.3. The Bertz CT molecular complexity index is 1320. The van der Waals surface area contributed by atoms with E-state index in [0.717, 1.165) is 18.2 Å². The van der Waals surface area contributed by atoms with E-state index in [2.05, 4.69) is 140 Å². The summed E-state index contributed by atoms with van der Waals surface area (Å²) in [6.45, 7) is 10.6. The summed E-state index contributed by atoms with van der Waals surface area (Å²) < 4.78 is 11.1. The molecule has 0 spiro atoms. The Hall–Kier alpha value is -1.36. The predicted octanol–water partition coefficient (Wildman–Crippen LogP) is 15.3. The number of rotatable bonds is 28. The van der Waals surface area contributed by atoms with Crippen LogP contribution in [-0.2, 0) is 13.8 Å². The van der Waals surface area contributed by atoms with Crippen LogP contribution in [0.4, 0.5) is 0 Å². The van der Waals surface area contributed by atoms with E-state index >= 15 is 0 Å². The Kier molecular flexibility index (Phi) is 26.8. The number of hydrogen-bond donors (Lipinski definition) is 0. The first-order valence-electron chi connectivity index (χ1n) is 20.1. The highest BCUT2D eigenvalue weighted by Crippen LogP contribution is 2.48. The molecule has 4 aromatic rings. The first kappa shape index (κ1) is 47.0. The van der Waals surface area contributed by atoms with Gasteiger partial charge in [0.25, 0.3) is 0 Å². The highest BCUT2D eigenvalue weighted by Gasteiger charge is 2.36. The molecule has 0 N–H and O–H groups in total. The Balaban J connectivity index is 0.000000366. The molecule has 0 fully saturated rings. The van der Waals surface area contributed by atoms with Crippen LogP contribution in [0, 0.1) is 0 Å². The van der Waals surface area contributed by atoms with Crippen LogP contribution in [0.3, 0.4) is 0 Å². The molecule has 54 heavy (non-hydrogen) atoms. The zero-order valence-electron chi connectivity index (χ0n) is 33.6. The third-order valence-electron chi connectivity index (χ3n) is 9.00. The Morgan fingerprint density at radius 3 is 1.26 bits per heavy atom. The van der Waals surface area contributed by atoms with Crippen molar-refractivity contribution in [2.45, 2.75) is 99.7 Å². The van der Waals surface area contributed by atoms with Crippen LogP contribution in [0.25, 0.3) is 0 Å². The van der Waals surface area contributed by atoms with Crippen LogP contribution in [0.15, 0.2) is 120 Å². The molecular formula is C46H67NO2P2S3. The molecule has 3 aromatic carbocycles. The standard InChI is InChI=1S/C33H45OPS.C13H22NOPS2/c1-35(2)34-28-20-9-7-5-3-4-6-8-10-21-29-36-33(30-22-14-11-15-23-30,31-24-16-12-17-25-31)32-26-18-13-19-27-32;1-16(2)15-11-7-3-4-8-12-17-18-13-9-5-6-10-14-13/h11-19,22-27H,3-10,20-21,28-29H2,1-2H3;5-6,9-10H,3-4,7-8,11-12H2,1-2H3. The van der Waals surface area contributed by atoms with E-state index in [1.54, 1.807) is 10.8 Å². The van der Waals surface area contributed by atoms with Crippen LogP contribution < -0.4 is 0 Å². The van der Waals surface area contributed by atoms with Crippen molar-refractivity contribution in [2.75, 3.05) is 51.4 Å². The summed E-state index contributed by atoms with van der Waals surface area (Å²) in [5, 5.41) is 1.11.